The maximum absolute atomic E-state index is 12.2. The largest absolute Gasteiger partial charge is 0.469 e. The third-order valence-electron chi connectivity index (χ3n) is 4.33. The topological polar surface area (TPSA) is 108 Å². The van der Waals surface area contributed by atoms with Crippen LogP contribution in [0.1, 0.15) is 19.8 Å². The molecule has 0 radical (unpaired) electrons. The second kappa shape index (κ2) is 10.0. The lowest BCUT2D eigenvalue weighted by molar-refractivity contribution is -0.146. The predicted octanol–water partition coefficient (Wildman–Crippen LogP) is 0.733. The summed E-state index contributed by atoms with van der Waals surface area (Å²) in [7, 11) is -2.11. The highest BCUT2D eigenvalue weighted by Crippen LogP contribution is 2.19. The molecule has 1 unspecified atom stereocenters. The smallest absolute Gasteiger partial charge is 0.308 e. The second-order valence-electron chi connectivity index (χ2n) is 6.35. The van der Waals surface area contributed by atoms with E-state index >= 15 is 0 Å². The number of thiophene rings is 1. The van der Waals surface area contributed by atoms with E-state index in [9.17, 15) is 18.3 Å². The zero-order valence-corrected chi connectivity index (χ0v) is 17.3. The number of aliphatic hydroxyl groups is 1. The fourth-order valence-electron chi connectivity index (χ4n) is 2.94. The fraction of sp³-hybridized carbons (Fsp3) is 0.647. The molecule has 1 saturated heterocycles. The van der Waals surface area contributed by atoms with Crippen LogP contribution in [0.2, 0.25) is 0 Å². The summed E-state index contributed by atoms with van der Waals surface area (Å²) in [5, 5.41) is 15.0. The number of hydrogen-bond donors (Lipinski definition) is 2. The van der Waals surface area contributed by atoms with Crippen molar-refractivity contribution in [1.82, 2.24) is 10.2 Å². The molecule has 0 aliphatic carbocycles. The van der Waals surface area contributed by atoms with Crippen LogP contribution in [0.4, 0.5) is 0 Å². The number of aliphatic hydroxyl groups excluding tert-OH is 1. The van der Waals surface area contributed by atoms with Crippen molar-refractivity contribution in [2.24, 2.45) is 10.9 Å². The Labute approximate surface area is 164 Å². The number of guanidine groups is 1. The van der Waals surface area contributed by atoms with Gasteiger partial charge in [0.1, 0.15) is 4.21 Å². The first-order chi connectivity index (χ1) is 12.9. The Morgan fingerprint density at radius 2 is 2.19 bits per heavy atom. The molecule has 1 aliphatic rings. The van der Waals surface area contributed by atoms with Crippen LogP contribution in [0, 0.1) is 5.92 Å². The average Bonchev–Trinajstić information content (AvgIpc) is 3.20. The SMILES string of the molecule is CCNC(=NCC(O)CS(=O)(=O)c1cccs1)N1CCC(C(=O)OC)CC1. The van der Waals surface area contributed by atoms with Crippen LogP contribution in [0.5, 0.6) is 0 Å². The number of rotatable bonds is 7. The van der Waals surface area contributed by atoms with Gasteiger partial charge in [-0.15, -0.1) is 11.3 Å². The lowest BCUT2D eigenvalue weighted by Crippen LogP contribution is -2.47. The van der Waals surface area contributed by atoms with Gasteiger partial charge in [-0.3, -0.25) is 9.79 Å². The van der Waals surface area contributed by atoms with Gasteiger partial charge in [-0.2, -0.15) is 0 Å². The van der Waals surface area contributed by atoms with E-state index in [0.717, 1.165) is 11.3 Å². The number of nitrogens with zero attached hydrogens (tertiary/aromatic N) is 2. The van der Waals surface area contributed by atoms with Gasteiger partial charge in [-0.25, -0.2) is 8.42 Å². The molecule has 0 spiro atoms. The van der Waals surface area contributed by atoms with E-state index in [2.05, 4.69) is 10.3 Å². The molecular formula is C17H27N3O5S2. The van der Waals surface area contributed by atoms with E-state index in [-0.39, 0.29) is 28.4 Å². The molecule has 1 fully saturated rings. The number of methoxy groups -OCH3 is 1. The Kier molecular flexibility index (Phi) is 8.06. The summed E-state index contributed by atoms with van der Waals surface area (Å²) in [5.74, 6) is -0.0317. The molecule has 0 bridgehead atoms. The number of likely N-dealkylation sites (tertiary alicyclic amines) is 1. The van der Waals surface area contributed by atoms with Gasteiger partial charge in [0.25, 0.3) is 0 Å². The van der Waals surface area contributed by atoms with Gasteiger partial charge in [-0.05, 0) is 31.2 Å². The number of carbonyl (C=O) groups is 1. The predicted molar refractivity (Wildman–Crippen MR) is 105 cm³/mol. The van der Waals surface area contributed by atoms with Gasteiger partial charge >= 0.3 is 5.97 Å². The van der Waals surface area contributed by atoms with Gasteiger partial charge < -0.3 is 20.1 Å². The molecule has 0 aromatic carbocycles. The van der Waals surface area contributed by atoms with Crippen LogP contribution in [0.3, 0.4) is 0 Å². The summed E-state index contributed by atoms with van der Waals surface area (Å²) in [6.07, 6.45) is 0.261. The van der Waals surface area contributed by atoms with Gasteiger partial charge in [0.05, 0.1) is 31.4 Å². The monoisotopic (exact) mass is 417 g/mol. The number of ether oxygens (including phenoxy) is 1. The van der Waals surface area contributed by atoms with Crippen molar-refractivity contribution in [2.75, 3.05) is 39.0 Å². The van der Waals surface area contributed by atoms with E-state index in [1.54, 1.807) is 11.4 Å². The summed E-state index contributed by atoms with van der Waals surface area (Å²) in [4.78, 5) is 18.1. The fourth-order valence-corrected chi connectivity index (χ4v) is 5.41. The molecule has 2 N–H and O–H groups in total. The zero-order chi connectivity index (χ0) is 19.9. The normalized spacial score (nSPS) is 17.6. The van der Waals surface area contributed by atoms with Crippen LogP contribution in [0.25, 0.3) is 0 Å². The Bertz CT molecular complexity index is 726. The van der Waals surface area contributed by atoms with Gasteiger partial charge in [-0.1, -0.05) is 6.07 Å². The van der Waals surface area contributed by atoms with E-state index in [4.69, 9.17) is 4.74 Å². The third kappa shape index (κ3) is 6.18. The molecule has 27 heavy (non-hydrogen) atoms. The molecule has 1 atom stereocenters. The van der Waals surface area contributed by atoms with E-state index < -0.39 is 15.9 Å². The first-order valence-corrected chi connectivity index (χ1v) is 11.5. The molecule has 1 aromatic rings. The van der Waals surface area contributed by atoms with Crippen LogP contribution >= 0.6 is 11.3 Å². The highest BCUT2D eigenvalue weighted by atomic mass is 32.2. The van der Waals surface area contributed by atoms with Crippen LogP contribution in [0.15, 0.2) is 26.7 Å². The number of piperidine rings is 1. The minimum absolute atomic E-state index is 0.0101. The minimum atomic E-state index is -3.51. The van der Waals surface area contributed by atoms with Crippen molar-refractivity contribution in [3.63, 3.8) is 0 Å². The first-order valence-electron chi connectivity index (χ1n) is 8.92. The average molecular weight is 418 g/mol. The maximum Gasteiger partial charge on any atom is 0.308 e. The van der Waals surface area contributed by atoms with Crippen molar-refractivity contribution < 1.29 is 23.1 Å². The van der Waals surface area contributed by atoms with E-state index in [1.165, 1.54) is 13.2 Å². The molecule has 8 nitrogen and oxygen atoms in total. The third-order valence-corrected chi connectivity index (χ3v) is 7.61. The second-order valence-corrected chi connectivity index (χ2v) is 9.56. The lowest BCUT2D eigenvalue weighted by Gasteiger charge is -2.33. The molecule has 1 aromatic heterocycles. The molecule has 0 saturated carbocycles. The van der Waals surface area contributed by atoms with Gasteiger partial charge in [0, 0.05) is 19.6 Å². The van der Waals surface area contributed by atoms with Gasteiger partial charge in [0.2, 0.25) is 0 Å². The highest BCUT2D eigenvalue weighted by molar-refractivity contribution is 7.93. The highest BCUT2D eigenvalue weighted by Gasteiger charge is 2.27. The molecule has 152 valence electrons. The first kappa shape index (κ1) is 21.6. The van der Waals surface area contributed by atoms with E-state index in [0.29, 0.717) is 38.4 Å². The number of carbonyl (C=O) groups excluding carboxylic acids is 1. The Morgan fingerprint density at radius 1 is 1.48 bits per heavy atom. The zero-order valence-electron chi connectivity index (χ0n) is 15.6. The standard InChI is InChI=1S/C17H27N3O5S2/c1-3-18-17(20-8-6-13(7-9-20)16(22)25-2)19-11-14(21)12-27(23,24)15-5-4-10-26-15/h4-5,10,13-14,21H,3,6-9,11-12H2,1-2H3,(H,18,19). The van der Waals surface area contributed by atoms with Crippen molar-refractivity contribution in [1.29, 1.82) is 0 Å². The number of hydrogen-bond acceptors (Lipinski definition) is 7. The number of aliphatic imine (C=N–C) groups is 1. The quantitative estimate of drug-likeness (QED) is 0.382. The summed E-state index contributed by atoms with van der Waals surface area (Å²) in [5.41, 5.74) is 0. The molecule has 1 aliphatic heterocycles. The lowest BCUT2D eigenvalue weighted by atomic mass is 9.97. The van der Waals surface area contributed by atoms with Crippen LogP contribution in [-0.4, -0.2) is 75.5 Å². The summed E-state index contributed by atoms with van der Waals surface area (Å²) >= 11 is 1.14. The molecular weight excluding hydrogens is 390 g/mol. The number of nitrogens with one attached hydrogen (secondary N) is 1. The van der Waals surface area contributed by atoms with Crippen LogP contribution < -0.4 is 5.32 Å². The van der Waals surface area contributed by atoms with Crippen molar-refractivity contribution >= 4 is 33.1 Å². The molecule has 10 heteroatoms. The minimum Gasteiger partial charge on any atom is -0.469 e. The summed E-state index contributed by atoms with van der Waals surface area (Å²) in [6.45, 7) is 3.88. The van der Waals surface area contributed by atoms with Crippen molar-refractivity contribution in [3.8, 4) is 0 Å². The van der Waals surface area contributed by atoms with E-state index in [1.807, 2.05) is 11.8 Å². The molecule has 2 heterocycles. The molecule has 2 rings (SSSR count). The maximum atomic E-state index is 12.2. The van der Waals surface area contributed by atoms with Crippen molar-refractivity contribution in [3.05, 3.63) is 17.5 Å². The summed E-state index contributed by atoms with van der Waals surface area (Å²) in [6, 6.07) is 3.20. The summed E-state index contributed by atoms with van der Waals surface area (Å²) < 4.78 is 29.5. The number of esters is 1. The molecule has 0 amide bonds. The Balaban J connectivity index is 1.94. The Hall–Kier alpha value is -1.65. The van der Waals surface area contributed by atoms with Gasteiger partial charge in [0.15, 0.2) is 15.8 Å². The Morgan fingerprint density at radius 3 is 2.74 bits per heavy atom. The van der Waals surface area contributed by atoms with Crippen LogP contribution in [-0.2, 0) is 19.4 Å². The van der Waals surface area contributed by atoms with Crippen molar-refractivity contribution in [2.45, 2.75) is 30.1 Å². The number of sulfone groups is 1.